The molecule has 1 aliphatic rings. The molecule has 0 bridgehead atoms. The average Bonchev–Trinajstić information content (AvgIpc) is 2.18. The van der Waals surface area contributed by atoms with Crippen LogP contribution in [0.25, 0.3) is 0 Å². The van der Waals surface area contributed by atoms with Gasteiger partial charge in [-0.1, -0.05) is 22.6 Å². The van der Waals surface area contributed by atoms with Crippen molar-refractivity contribution in [2.75, 3.05) is 0 Å². The first kappa shape index (κ1) is 9.25. The molecule has 64 valence electrons. The Morgan fingerprint density at radius 1 is 1.64 bits per heavy atom. The van der Waals surface area contributed by atoms with Gasteiger partial charge in [-0.2, -0.15) is 0 Å². The molecule has 4 heteroatoms. The molecule has 0 heterocycles. The Kier molecular flexibility index (Phi) is 3.12. The Hall–Kier alpha value is 0.160. The molecule has 0 aliphatic heterocycles. The Labute approximate surface area is 79.3 Å². The van der Waals surface area contributed by atoms with Crippen molar-refractivity contribution in [1.29, 1.82) is 0 Å². The number of aliphatic hydroxyl groups excluding tert-OH is 1. The monoisotopic (exact) mass is 270 g/mol. The fraction of sp³-hybridized carbons (Fsp3) is 0.857. The van der Waals surface area contributed by atoms with Crippen LogP contribution in [0.5, 0.6) is 0 Å². The molecule has 0 aromatic carbocycles. The predicted octanol–water partition coefficient (Wildman–Crippen LogP) is 0.876. The molecule has 0 aromatic heterocycles. The fourth-order valence-electron chi connectivity index (χ4n) is 1.24. The molecule has 3 unspecified atom stereocenters. The van der Waals surface area contributed by atoms with Crippen LogP contribution in [0.4, 0.5) is 0 Å². The van der Waals surface area contributed by atoms with Gasteiger partial charge in [-0.05, 0) is 12.8 Å². The lowest BCUT2D eigenvalue weighted by Crippen LogP contribution is -2.30. The molecule has 1 aliphatic carbocycles. The number of aliphatic hydroxyl groups is 1. The number of hydrogen-bond acceptors (Lipinski definition) is 3. The number of rotatable bonds is 1. The maximum Gasteiger partial charge on any atom is 0.303 e. The fourth-order valence-corrected chi connectivity index (χ4v) is 2.23. The summed E-state index contributed by atoms with van der Waals surface area (Å²) in [6, 6.07) is 0. The van der Waals surface area contributed by atoms with Crippen LogP contribution in [0.3, 0.4) is 0 Å². The van der Waals surface area contributed by atoms with Crippen LogP contribution >= 0.6 is 22.6 Å². The zero-order chi connectivity index (χ0) is 8.43. The smallest absolute Gasteiger partial charge is 0.303 e. The second-order valence-corrected chi connectivity index (χ2v) is 4.33. The topological polar surface area (TPSA) is 46.5 Å². The quantitative estimate of drug-likeness (QED) is 0.437. The van der Waals surface area contributed by atoms with E-state index >= 15 is 0 Å². The lowest BCUT2D eigenvalue weighted by atomic mass is 10.3. The van der Waals surface area contributed by atoms with Crippen molar-refractivity contribution in [2.45, 2.75) is 35.9 Å². The van der Waals surface area contributed by atoms with Crippen LogP contribution < -0.4 is 0 Å². The molecule has 0 amide bonds. The number of carbonyl (C=O) groups excluding carboxylic acids is 1. The van der Waals surface area contributed by atoms with Gasteiger partial charge >= 0.3 is 5.97 Å². The summed E-state index contributed by atoms with van der Waals surface area (Å²) in [5, 5.41) is 9.33. The van der Waals surface area contributed by atoms with Crippen molar-refractivity contribution in [3.63, 3.8) is 0 Å². The van der Waals surface area contributed by atoms with Crippen molar-refractivity contribution in [2.24, 2.45) is 0 Å². The van der Waals surface area contributed by atoms with Crippen molar-refractivity contribution in [3.05, 3.63) is 0 Å². The van der Waals surface area contributed by atoms with Crippen LogP contribution in [0.15, 0.2) is 0 Å². The van der Waals surface area contributed by atoms with Gasteiger partial charge in [0.1, 0.15) is 6.10 Å². The van der Waals surface area contributed by atoms with E-state index in [4.69, 9.17) is 4.74 Å². The van der Waals surface area contributed by atoms with Gasteiger partial charge in [-0.3, -0.25) is 4.79 Å². The normalized spacial score (nSPS) is 37.2. The lowest BCUT2D eigenvalue weighted by molar-refractivity contribution is -0.149. The van der Waals surface area contributed by atoms with Gasteiger partial charge in [-0.25, -0.2) is 0 Å². The summed E-state index contributed by atoms with van der Waals surface area (Å²) in [5.41, 5.74) is 0. The number of halogens is 1. The predicted molar refractivity (Wildman–Crippen MR) is 48.6 cm³/mol. The molecular weight excluding hydrogens is 259 g/mol. The molecule has 3 atom stereocenters. The Bertz CT molecular complexity index is 150. The van der Waals surface area contributed by atoms with Gasteiger partial charge in [0.2, 0.25) is 0 Å². The zero-order valence-corrected chi connectivity index (χ0v) is 8.45. The van der Waals surface area contributed by atoms with E-state index in [1.54, 1.807) is 0 Å². The molecule has 11 heavy (non-hydrogen) atoms. The minimum absolute atomic E-state index is 0.270. The van der Waals surface area contributed by atoms with E-state index in [-0.39, 0.29) is 16.0 Å². The minimum atomic E-state index is -0.458. The maximum absolute atomic E-state index is 10.6. The van der Waals surface area contributed by atoms with Gasteiger partial charge in [0, 0.05) is 6.92 Å². The van der Waals surface area contributed by atoms with Crippen LogP contribution in [0.1, 0.15) is 19.8 Å². The summed E-state index contributed by atoms with van der Waals surface area (Å²) in [6.07, 6.45) is 0.930. The molecule has 1 saturated carbocycles. The summed E-state index contributed by atoms with van der Waals surface area (Å²) >= 11 is 2.21. The highest BCUT2D eigenvalue weighted by atomic mass is 127. The number of hydrogen-bond donors (Lipinski definition) is 1. The highest BCUT2D eigenvalue weighted by Crippen LogP contribution is 2.28. The number of alkyl halides is 1. The first-order chi connectivity index (χ1) is 5.11. The third-order valence-corrected chi connectivity index (χ3v) is 3.11. The van der Waals surface area contributed by atoms with Crippen molar-refractivity contribution in [3.8, 4) is 0 Å². The second kappa shape index (κ2) is 3.71. The zero-order valence-electron chi connectivity index (χ0n) is 6.29. The number of ether oxygens (including phenoxy) is 1. The summed E-state index contributed by atoms with van der Waals surface area (Å²) < 4.78 is 5.21. The molecule has 0 radical (unpaired) electrons. The van der Waals surface area contributed by atoms with Gasteiger partial charge < -0.3 is 9.84 Å². The second-order valence-electron chi connectivity index (χ2n) is 2.73. The summed E-state index contributed by atoms with van der Waals surface area (Å²) in [5.74, 6) is -0.308. The Morgan fingerprint density at radius 2 is 2.27 bits per heavy atom. The van der Waals surface area contributed by atoms with Crippen LogP contribution in [-0.2, 0) is 9.53 Å². The summed E-state index contributed by atoms with van der Waals surface area (Å²) in [6.45, 7) is 1.37. The van der Waals surface area contributed by atoms with Gasteiger partial charge in [0.05, 0.1) is 10.0 Å². The molecule has 0 spiro atoms. The van der Waals surface area contributed by atoms with E-state index in [1.165, 1.54) is 6.92 Å². The van der Waals surface area contributed by atoms with E-state index in [0.717, 1.165) is 12.8 Å². The Balaban J connectivity index is 2.47. The first-order valence-corrected chi connectivity index (χ1v) is 4.85. The summed E-state index contributed by atoms with van der Waals surface area (Å²) in [4.78, 5) is 10.6. The van der Waals surface area contributed by atoms with E-state index in [1.807, 2.05) is 0 Å². The molecule has 1 fully saturated rings. The van der Waals surface area contributed by atoms with Gasteiger partial charge in [0.25, 0.3) is 0 Å². The molecule has 0 aromatic rings. The van der Waals surface area contributed by atoms with E-state index in [2.05, 4.69) is 22.6 Å². The largest absolute Gasteiger partial charge is 0.459 e. The molecule has 1 rings (SSSR count). The number of esters is 1. The third kappa shape index (κ3) is 2.30. The third-order valence-electron chi connectivity index (χ3n) is 1.78. The number of carbonyl (C=O) groups is 1. The van der Waals surface area contributed by atoms with Crippen molar-refractivity contribution >= 4 is 28.6 Å². The highest BCUT2D eigenvalue weighted by Gasteiger charge is 2.35. The Morgan fingerprint density at radius 3 is 2.64 bits per heavy atom. The van der Waals surface area contributed by atoms with Crippen LogP contribution in [0.2, 0.25) is 0 Å². The molecule has 3 nitrogen and oxygen atoms in total. The van der Waals surface area contributed by atoms with E-state index in [9.17, 15) is 9.90 Å². The van der Waals surface area contributed by atoms with Crippen molar-refractivity contribution < 1.29 is 14.6 Å². The lowest BCUT2D eigenvalue weighted by Gasteiger charge is -2.17. The first-order valence-electron chi connectivity index (χ1n) is 3.60. The molecule has 0 saturated heterocycles. The van der Waals surface area contributed by atoms with E-state index in [0.29, 0.717) is 0 Å². The highest BCUT2D eigenvalue weighted by molar-refractivity contribution is 14.1. The SMILES string of the molecule is CC(=O)OC1C(O)CCC1I. The minimum Gasteiger partial charge on any atom is -0.459 e. The van der Waals surface area contributed by atoms with Crippen LogP contribution in [0, 0.1) is 0 Å². The maximum atomic E-state index is 10.6. The summed E-state index contributed by atoms with van der Waals surface area (Å²) in [7, 11) is 0. The van der Waals surface area contributed by atoms with E-state index < -0.39 is 6.10 Å². The van der Waals surface area contributed by atoms with Crippen molar-refractivity contribution in [1.82, 2.24) is 0 Å². The molecule has 1 N–H and O–H groups in total. The van der Waals surface area contributed by atoms with Gasteiger partial charge in [-0.15, -0.1) is 0 Å². The average molecular weight is 270 g/mol. The van der Waals surface area contributed by atoms with Gasteiger partial charge in [0.15, 0.2) is 0 Å². The molecular formula is C7H11IO3. The van der Waals surface area contributed by atoms with Crippen LogP contribution in [-0.4, -0.2) is 27.2 Å². The standard InChI is InChI=1S/C7H11IO3/c1-4(9)11-7-5(8)2-3-6(7)10/h5-7,10H,2-3H2,1H3.